The Morgan fingerprint density at radius 3 is 2.54 bits per heavy atom. The summed E-state index contributed by atoms with van der Waals surface area (Å²) in [6, 6.07) is 6.81. The van der Waals surface area contributed by atoms with E-state index < -0.39 is 0 Å². The van der Waals surface area contributed by atoms with Crippen molar-refractivity contribution >= 4 is 28.3 Å². The Bertz CT molecular complexity index is 1220. The van der Waals surface area contributed by atoms with E-state index in [4.69, 9.17) is 4.98 Å². The van der Waals surface area contributed by atoms with Crippen molar-refractivity contribution in [2.75, 3.05) is 23.7 Å². The molecular formula is C30H42N6O. The first-order chi connectivity index (χ1) is 18.0. The summed E-state index contributed by atoms with van der Waals surface area (Å²) >= 11 is 0. The number of aromatic nitrogens is 3. The number of carbonyl (C=O) groups excluding carboxylic acids is 1. The Morgan fingerprint density at radius 2 is 1.81 bits per heavy atom. The number of hydrogen-bond donors (Lipinski definition) is 2. The molecule has 1 aliphatic heterocycles. The lowest BCUT2D eigenvalue weighted by atomic mass is 9.84. The minimum Gasteiger partial charge on any atom is -0.383 e. The Balaban J connectivity index is 1.42. The van der Waals surface area contributed by atoms with E-state index in [0.29, 0.717) is 17.5 Å². The van der Waals surface area contributed by atoms with E-state index >= 15 is 0 Å². The van der Waals surface area contributed by atoms with E-state index in [1.807, 2.05) is 10.9 Å². The van der Waals surface area contributed by atoms with Gasteiger partial charge in [-0.15, -0.1) is 0 Å². The van der Waals surface area contributed by atoms with E-state index in [9.17, 15) is 4.79 Å². The predicted molar refractivity (Wildman–Crippen MR) is 151 cm³/mol. The Labute approximate surface area is 221 Å². The van der Waals surface area contributed by atoms with Crippen LogP contribution in [0, 0.1) is 19.8 Å². The molecule has 1 saturated heterocycles. The number of nitrogens with one attached hydrogen (secondary N) is 2. The summed E-state index contributed by atoms with van der Waals surface area (Å²) in [5.74, 6) is 0.699. The van der Waals surface area contributed by atoms with Gasteiger partial charge in [-0.1, -0.05) is 37.5 Å². The van der Waals surface area contributed by atoms with Crippen molar-refractivity contribution < 1.29 is 4.79 Å². The zero-order valence-corrected chi connectivity index (χ0v) is 22.9. The number of para-hydroxylation sites is 1. The fourth-order valence-corrected chi connectivity index (χ4v) is 6.34. The van der Waals surface area contributed by atoms with Crippen molar-refractivity contribution in [3.8, 4) is 0 Å². The molecule has 2 N–H and O–H groups in total. The van der Waals surface area contributed by atoms with Gasteiger partial charge in [0, 0.05) is 43.6 Å². The lowest BCUT2D eigenvalue weighted by Crippen LogP contribution is -2.40. The number of rotatable bonds is 8. The van der Waals surface area contributed by atoms with Crippen molar-refractivity contribution in [1.82, 2.24) is 19.7 Å². The third kappa shape index (κ3) is 5.18. The topological polar surface area (TPSA) is 75.1 Å². The lowest BCUT2D eigenvalue weighted by Gasteiger charge is -2.31. The third-order valence-corrected chi connectivity index (χ3v) is 8.56. The van der Waals surface area contributed by atoms with Crippen LogP contribution in [0.25, 0.3) is 11.0 Å². The zero-order valence-electron chi connectivity index (χ0n) is 22.9. The number of hydrogen-bond acceptors (Lipinski definition) is 5. The summed E-state index contributed by atoms with van der Waals surface area (Å²) in [7, 11) is 0. The number of anilines is 2. The standard InChI is InChI=1S/C30H42N6O/c1-5-36-29-25(19-33-36)28(34-22(4)23-13-7-6-8-14-23)26(18-32-29)30(37)35-16-10-15-24(35)17-31-27-20(2)11-9-12-21(27)3/h9,11-12,18-19,22-24,31H,5-8,10,13-17H2,1-4H3,(H,32,34)/t22-,24+/m1/s1. The molecule has 198 valence electrons. The largest absolute Gasteiger partial charge is 0.383 e. The lowest BCUT2D eigenvalue weighted by molar-refractivity contribution is 0.0744. The van der Waals surface area contributed by atoms with E-state index in [2.05, 4.69) is 66.5 Å². The normalized spacial score (nSPS) is 19.4. The summed E-state index contributed by atoms with van der Waals surface area (Å²) in [5.41, 5.74) is 6.07. The molecule has 1 saturated carbocycles. The average molecular weight is 503 g/mol. The Kier molecular flexibility index (Phi) is 7.68. The Hall–Kier alpha value is -3.09. The summed E-state index contributed by atoms with van der Waals surface area (Å²) in [4.78, 5) is 20.9. The second kappa shape index (κ2) is 11.1. The number of likely N-dealkylation sites (tertiary alicyclic amines) is 1. The maximum absolute atomic E-state index is 14.1. The van der Waals surface area contributed by atoms with Crippen molar-refractivity contribution in [1.29, 1.82) is 0 Å². The average Bonchev–Trinajstić information content (AvgIpc) is 3.56. The van der Waals surface area contributed by atoms with Gasteiger partial charge in [-0.05, 0) is 70.4 Å². The van der Waals surface area contributed by atoms with Gasteiger partial charge in [0.1, 0.15) is 0 Å². The van der Waals surface area contributed by atoms with E-state index in [0.717, 1.165) is 49.2 Å². The SMILES string of the molecule is CCn1ncc2c(N[C@H](C)C3CCCCC3)c(C(=O)N3CCC[C@H]3CNc3c(C)cccc3C)cnc21. The maximum Gasteiger partial charge on any atom is 0.257 e. The molecule has 37 heavy (non-hydrogen) atoms. The predicted octanol–water partition coefficient (Wildman–Crippen LogP) is 6.17. The van der Waals surface area contributed by atoms with E-state index in [-0.39, 0.29) is 11.9 Å². The first kappa shape index (κ1) is 25.6. The first-order valence-electron chi connectivity index (χ1n) is 14.2. The smallest absolute Gasteiger partial charge is 0.257 e. The molecule has 3 heterocycles. The monoisotopic (exact) mass is 502 g/mol. The van der Waals surface area contributed by atoms with Gasteiger partial charge in [-0.3, -0.25) is 4.79 Å². The number of fused-ring (bicyclic) bond motifs is 1. The molecule has 1 aliphatic carbocycles. The number of amides is 1. The van der Waals surface area contributed by atoms with Crippen LogP contribution in [0.2, 0.25) is 0 Å². The summed E-state index contributed by atoms with van der Waals surface area (Å²) in [6.07, 6.45) is 12.1. The van der Waals surface area contributed by atoms with Gasteiger partial charge in [0.15, 0.2) is 5.65 Å². The van der Waals surface area contributed by atoms with Crippen LogP contribution >= 0.6 is 0 Å². The molecule has 5 rings (SSSR count). The maximum atomic E-state index is 14.1. The quantitative estimate of drug-likeness (QED) is 0.386. The van der Waals surface area contributed by atoms with Gasteiger partial charge < -0.3 is 15.5 Å². The fourth-order valence-electron chi connectivity index (χ4n) is 6.34. The first-order valence-corrected chi connectivity index (χ1v) is 14.2. The number of aryl methyl sites for hydroxylation is 3. The van der Waals surface area contributed by atoms with Crippen molar-refractivity contribution in [3.63, 3.8) is 0 Å². The van der Waals surface area contributed by atoms with Crippen LogP contribution in [-0.2, 0) is 6.54 Å². The zero-order chi connectivity index (χ0) is 25.9. The molecule has 0 unspecified atom stereocenters. The third-order valence-electron chi connectivity index (χ3n) is 8.56. The van der Waals surface area contributed by atoms with Crippen LogP contribution in [0.1, 0.15) is 80.3 Å². The number of nitrogens with zero attached hydrogens (tertiary/aromatic N) is 4. The minimum atomic E-state index is 0.0720. The minimum absolute atomic E-state index is 0.0720. The highest BCUT2D eigenvalue weighted by Gasteiger charge is 2.32. The summed E-state index contributed by atoms with van der Waals surface area (Å²) < 4.78 is 1.91. The fraction of sp³-hybridized carbons (Fsp3) is 0.567. The molecule has 2 aromatic heterocycles. The molecule has 2 atom stereocenters. The molecule has 0 bridgehead atoms. The van der Waals surface area contributed by atoms with Gasteiger partial charge in [0.05, 0.1) is 22.8 Å². The van der Waals surface area contributed by atoms with Gasteiger partial charge >= 0.3 is 0 Å². The molecule has 0 spiro atoms. The molecular weight excluding hydrogens is 460 g/mol. The second-order valence-corrected chi connectivity index (χ2v) is 11.0. The highest BCUT2D eigenvalue weighted by atomic mass is 16.2. The molecule has 1 amide bonds. The molecule has 2 aliphatic rings. The van der Waals surface area contributed by atoms with Gasteiger partial charge in [0.2, 0.25) is 0 Å². The molecule has 1 aromatic carbocycles. The van der Waals surface area contributed by atoms with Crippen LogP contribution in [0.3, 0.4) is 0 Å². The van der Waals surface area contributed by atoms with Crippen molar-refractivity contribution in [3.05, 3.63) is 47.3 Å². The van der Waals surface area contributed by atoms with E-state index in [1.54, 1.807) is 6.20 Å². The number of pyridine rings is 1. The Morgan fingerprint density at radius 1 is 1.05 bits per heavy atom. The summed E-state index contributed by atoms with van der Waals surface area (Å²) in [5, 5.41) is 13.0. The van der Waals surface area contributed by atoms with Gasteiger partial charge in [-0.25, -0.2) is 9.67 Å². The number of carbonyl (C=O) groups is 1. The molecule has 0 radical (unpaired) electrons. The van der Waals surface area contributed by atoms with Crippen molar-refractivity contribution in [2.24, 2.45) is 5.92 Å². The van der Waals surface area contributed by atoms with Crippen LogP contribution in [-0.4, -0.2) is 50.7 Å². The molecule has 7 heteroatoms. The van der Waals surface area contributed by atoms with E-state index in [1.165, 1.54) is 48.9 Å². The number of benzene rings is 1. The highest BCUT2D eigenvalue weighted by Crippen LogP contribution is 2.33. The van der Waals surface area contributed by atoms with Gasteiger partial charge in [0.25, 0.3) is 5.91 Å². The second-order valence-electron chi connectivity index (χ2n) is 11.0. The molecule has 7 nitrogen and oxygen atoms in total. The molecule has 2 fully saturated rings. The highest BCUT2D eigenvalue weighted by molar-refractivity contribution is 6.06. The van der Waals surface area contributed by atoms with Crippen molar-refractivity contribution in [2.45, 2.75) is 91.3 Å². The van der Waals surface area contributed by atoms with Crippen LogP contribution in [0.15, 0.2) is 30.6 Å². The van der Waals surface area contributed by atoms with Crippen LogP contribution in [0.4, 0.5) is 11.4 Å². The van der Waals surface area contributed by atoms with Crippen LogP contribution < -0.4 is 10.6 Å². The van der Waals surface area contributed by atoms with Crippen LogP contribution in [0.5, 0.6) is 0 Å². The van der Waals surface area contributed by atoms with Gasteiger partial charge in [-0.2, -0.15) is 5.10 Å². The summed E-state index contributed by atoms with van der Waals surface area (Å²) in [6.45, 7) is 10.9. The molecule has 3 aromatic rings.